The summed E-state index contributed by atoms with van der Waals surface area (Å²) < 4.78 is 14.6. The molecule has 1 heteroatoms. The summed E-state index contributed by atoms with van der Waals surface area (Å²) in [7, 11) is 0. The third-order valence-electron chi connectivity index (χ3n) is 5.40. The zero-order chi connectivity index (χ0) is 18.8. The maximum Gasteiger partial charge on any atom is 0.131 e. The van der Waals surface area contributed by atoms with Crippen LogP contribution in [0.4, 0.5) is 4.39 Å². The monoisotopic (exact) mass is 354 g/mol. The van der Waals surface area contributed by atoms with Crippen LogP contribution in [0.3, 0.4) is 0 Å². The van der Waals surface area contributed by atoms with Crippen LogP contribution in [0.15, 0.2) is 42.5 Å². The van der Waals surface area contributed by atoms with Crippen molar-refractivity contribution >= 4 is 0 Å². The van der Waals surface area contributed by atoms with Crippen LogP contribution in [-0.2, 0) is 12.8 Å². The average Bonchev–Trinajstić information content (AvgIpc) is 2.65. The molecule has 142 valence electrons. The van der Waals surface area contributed by atoms with E-state index in [1.165, 1.54) is 44.1 Å². The van der Waals surface area contributed by atoms with Crippen molar-refractivity contribution < 1.29 is 4.39 Å². The average molecular weight is 355 g/mol. The van der Waals surface area contributed by atoms with E-state index in [1.54, 1.807) is 6.07 Å². The van der Waals surface area contributed by atoms with Crippen molar-refractivity contribution in [2.45, 2.75) is 78.6 Å². The summed E-state index contributed by atoms with van der Waals surface area (Å²) in [5, 5.41) is 0. The van der Waals surface area contributed by atoms with Gasteiger partial charge in [-0.25, -0.2) is 4.39 Å². The molecule has 2 aromatic rings. The molecule has 1 unspecified atom stereocenters. The summed E-state index contributed by atoms with van der Waals surface area (Å²) in [5.41, 5.74) is 4.15. The van der Waals surface area contributed by atoms with Gasteiger partial charge in [0.2, 0.25) is 0 Å². The lowest BCUT2D eigenvalue weighted by Crippen LogP contribution is -1.97. The zero-order valence-electron chi connectivity index (χ0n) is 16.9. The first kappa shape index (κ1) is 20.7. The Balaban J connectivity index is 1.92. The predicted octanol–water partition coefficient (Wildman–Crippen LogP) is 7.98. The SMILES string of the molecule is CCCCCCCCc1ccc(-c2ccc(CC(C)CC)cc2)c(F)c1. The van der Waals surface area contributed by atoms with Gasteiger partial charge >= 0.3 is 0 Å². The second-order valence-corrected chi connectivity index (χ2v) is 7.75. The molecule has 0 spiro atoms. The topological polar surface area (TPSA) is 0 Å². The van der Waals surface area contributed by atoms with Gasteiger partial charge in [0.1, 0.15) is 5.82 Å². The smallest absolute Gasteiger partial charge is 0.131 e. The van der Waals surface area contributed by atoms with Crippen LogP contribution in [-0.4, -0.2) is 0 Å². The van der Waals surface area contributed by atoms with Crippen LogP contribution in [0.2, 0.25) is 0 Å². The second kappa shape index (κ2) is 11.2. The highest BCUT2D eigenvalue weighted by Gasteiger charge is 2.07. The normalized spacial score (nSPS) is 12.3. The summed E-state index contributed by atoms with van der Waals surface area (Å²) in [4.78, 5) is 0. The summed E-state index contributed by atoms with van der Waals surface area (Å²) in [6, 6.07) is 14.2. The van der Waals surface area contributed by atoms with Crippen molar-refractivity contribution in [1.82, 2.24) is 0 Å². The highest BCUT2D eigenvalue weighted by atomic mass is 19.1. The van der Waals surface area contributed by atoms with Crippen LogP contribution < -0.4 is 0 Å². The molecule has 26 heavy (non-hydrogen) atoms. The van der Waals surface area contributed by atoms with Crippen LogP contribution in [0.1, 0.15) is 76.8 Å². The molecule has 0 amide bonds. The molecule has 0 saturated carbocycles. The van der Waals surface area contributed by atoms with Gasteiger partial charge in [-0.2, -0.15) is 0 Å². The summed E-state index contributed by atoms with van der Waals surface area (Å²) in [5.74, 6) is 0.599. The third kappa shape index (κ3) is 6.59. The predicted molar refractivity (Wildman–Crippen MR) is 112 cm³/mol. The minimum Gasteiger partial charge on any atom is -0.206 e. The quantitative estimate of drug-likeness (QED) is 0.359. The molecule has 0 radical (unpaired) electrons. The van der Waals surface area contributed by atoms with Gasteiger partial charge in [0, 0.05) is 5.56 Å². The molecule has 0 nitrogen and oxygen atoms in total. The van der Waals surface area contributed by atoms with E-state index in [0.717, 1.165) is 30.4 Å². The molecule has 0 aromatic heterocycles. The molecule has 0 aliphatic heterocycles. The molecule has 0 bridgehead atoms. The van der Waals surface area contributed by atoms with Crippen molar-refractivity contribution in [3.05, 3.63) is 59.4 Å². The van der Waals surface area contributed by atoms with Crippen LogP contribution in [0.5, 0.6) is 0 Å². The summed E-state index contributed by atoms with van der Waals surface area (Å²) in [6.07, 6.45) is 10.9. The van der Waals surface area contributed by atoms with Crippen LogP contribution in [0, 0.1) is 11.7 Å². The van der Waals surface area contributed by atoms with E-state index >= 15 is 0 Å². The Morgan fingerprint density at radius 1 is 0.808 bits per heavy atom. The van der Waals surface area contributed by atoms with Crippen LogP contribution in [0.25, 0.3) is 11.1 Å². The maximum absolute atomic E-state index is 14.6. The lowest BCUT2D eigenvalue weighted by atomic mass is 9.96. The fourth-order valence-corrected chi connectivity index (χ4v) is 3.42. The van der Waals surface area contributed by atoms with E-state index in [4.69, 9.17) is 0 Å². The zero-order valence-corrected chi connectivity index (χ0v) is 16.9. The van der Waals surface area contributed by atoms with E-state index < -0.39 is 0 Å². The number of hydrogen-bond acceptors (Lipinski definition) is 0. The number of aryl methyl sites for hydroxylation is 1. The standard InChI is InChI=1S/C25H35F/c1-4-6-7-8-9-10-11-21-14-17-24(25(26)19-21)23-15-12-22(13-16-23)18-20(3)5-2/h12-17,19-20H,4-11,18H2,1-3H3. The largest absolute Gasteiger partial charge is 0.206 e. The molecule has 0 fully saturated rings. The first-order valence-electron chi connectivity index (χ1n) is 10.5. The van der Waals surface area contributed by atoms with Gasteiger partial charge in [-0.15, -0.1) is 0 Å². The Hall–Kier alpha value is -1.63. The highest BCUT2D eigenvalue weighted by Crippen LogP contribution is 2.25. The summed E-state index contributed by atoms with van der Waals surface area (Å²) in [6.45, 7) is 6.74. The van der Waals surface area contributed by atoms with Gasteiger partial charge in [-0.1, -0.05) is 95.7 Å². The molecular weight excluding hydrogens is 319 g/mol. The molecular formula is C25H35F. The first-order chi connectivity index (χ1) is 12.6. The fourth-order valence-electron chi connectivity index (χ4n) is 3.42. The Bertz CT molecular complexity index is 642. The van der Waals surface area contributed by atoms with E-state index in [2.05, 4.69) is 51.1 Å². The molecule has 0 aliphatic carbocycles. The van der Waals surface area contributed by atoms with Crippen molar-refractivity contribution in [3.8, 4) is 11.1 Å². The Morgan fingerprint density at radius 2 is 1.46 bits per heavy atom. The third-order valence-corrected chi connectivity index (χ3v) is 5.40. The lowest BCUT2D eigenvalue weighted by Gasteiger charge is -2.10. The minimum absolute atomic E-state index is 0.0943. The Labute approximate surface area is 159 Å². The fraction of sp³-hybridized carbons (Fsp3) is 0.520. The molecule has 2 rings (SSSR count). The molecule has 0 saturated heterocycles. The van der Waals surface area contributed by atoms with Crippen LogP contribution >= 0.6 is 0 Å². The lowest BCUT2D eigenvalue weighted by molar-refractivity contribution is 0.560. The number of rotatable bonds is 11. The molecule has 0 heterocycles. The number of halogens is 1. The highest BCUT2D eigenvalue weighted by molar-refractivity contribution is 5.64. The van der Waals surface area contributed by atoms with Gasteiger partial charge < -0.3 is 0 Å². The van der Waals surface area contributed by atoms with Crippen molar-refractivity contribution in [2.75, 3.05) is 0 Å². The maximum atomic E-state index is 14.6. The van der Waals surface area contributed by atoms with E-state index in [9.17, 15) is 4.39 Å². The van der Waals surface area contributed by atoms with Crippen molar-refractivity contribution in [1.29, 1.82) is 0 Å². The Morgan fingerprint density at radius 3 is 2.12 bits per heavy atom. The van der Waals surface area contributed by atoms with Gasteiger partial charge in [-0.05, 0) is 47.9 Å². The molecule has 0 aliphatic rings. The van der Waals surface area contributed by atoms with Gasteiger partial charge in [0.15, 0.2) is 0 Å². The number of hydrogen-bond donors (Lipinski definition) is 0. The number of unbranched alkanes of at least 4 members (excludes halogenated alkanes) is 5. The Kier molecular flexibility index (Phi) is 8.88. The minimum atomic E-state index is -0.0943. The number of benzene rings is 2. The first-order valence-corrected chi connectivity index (χ1v) is 10.5. The second-order valence-electron chi connectivity index (χ2n) is 7.75. The van der Waals surface area contributed by atoms with Gasteiger partial charge in [0.25, 0.3) is 0 Å². The molecule has 0 N–H and O–H groups in total. The molecule has 1 atom stereocenters. The molecule has 2 aromatic carbocycles. The van der Waals surface area contributed by atoms with Gasteiger partial charge in [-0.3, -0.25) is 0 Å². The van der Waals surface area contributed by atoms with E-state index in [0.29, 0.717) is 11.5 Å². The van der Waals surface area contributed by atoms with Crippen molar-refractivity contribution in [3.63, 3.8) is 0 Å². The summed E-state index contributed by atoms with van der Waals surface area (Å²) >= 11 is 0. The van der Waals surface area contributed by atoms with Gasteiger partial charge in [0.05, 0.1) is 0 Å². The van der Waals surface area contributed by atoms with E-state index in [-0.39, 0.29) is 5.82 Å². The van der Waals surface area contributed by atoms with E-state index in [1.807, 2.05) is 6.07 Å². The van der Waals surface area contributed by atoms with Crippen molar-refractivity contribution in [2.24, 2.45) is 5.92 Å².